The van der Waals surface area contributed by atoms with Crippen molar-refractivity contribution in [2.45, 2.75) is 38.8 Å². The molecule has 1 aliphatic rings. The maximum absolute atomic E-state index is 4.20. The van der Waals surface area contributed by atoms with Gasteiger partial charge in [-0.25, -0.2) is 4.98 Å². The summed E-state index contributed by atoms with van der Waals surface area (Å²) < 4.78 is 2.13. The third-order valence-electron chi connectivity index (χ3n) is 3.62. The molecule has 0 bridgehead atoms. The van der Waals surface area contributed by atoms with Gasteiger partial charge >= 0.3 is 0 Å². The molecule has 1 aromatic rings. The number of piperidine rings is 1. The highest BCUT2D eigenvalue weighted by Gasteiger charge is 2.20. The zero-order chi connectivity index (χ0) is 12.1. The summed E-state index contributed by atoms with van der Waals surface area (Å²) in [5, 5.41) is 3.44. The molecule has 1 aliphatic heterocycles. The largest absolute Gasteiger partial charge is 0.337 e. The van der Waals surface area contributed by atoms with Gasteiger partial charge in [0.15, 0.2) is 0 Å². The van der Waals surface area contributed by atoms with Crippen LogP contribution in [-0.4, -0.2) is 40.1 Å². The van der Waals surface area contributed by atoms with Crippen molar-refractivity contribution in [3.63, 3.8) is 0 Å². The third kappa shape index (κ3) is 3.30. The van der Waals surface area contributed by atoms with Crippen LogP contribution in [0, 0.1) is 0 Å². The van der Waals surface area contributed by atoms with E-state index in [9.17, 15) is 0 Å². The van der Waals surface area contributed by atoms with Crippen molar-refractivity contribution < 1.29 is 0 Å². The average molecular weight is 236 g/mol. The van der Waals surface area contributed by atoms with E-state index in [1.54, 1.807) is 0 Å². The molecule has 4 nitrogen and oxygen atoms in total. The SMILES string of the molecule is CCCN(Cc1cncn1C)C1CCNCC1. The molecule has 0 atom stereocenters. The van der Waals surface area contributed by atoms with Crippen molar-refractivity contribution in [3.8, 4) is 0 Å². The Labute approximate surface area is 104 Å². The van der Waals surface area contributed by atoms with E-state index in [1.807, 2.05) is 12.5 Å². The van der Waals surface area contributed by atoms with Crippen molar-refractivity contribution in [1.29, 1.82) is 0 Å². The van der Waals surface area contributed by atoms with Gasteiger partial charge in [-0.2, -0.15) is 0 Å². The van der Waals surface area contributed by atoms with Gasteiger partial charge in [-0.3, -0.25) is 4.90 Å². The van der Waals surface area contributed by atoms with E-state index >= 15 is 0 Å². The molecule has 0 radical (unpaired) electrons. The van der Waals surface area contributed by atoms with Gasteiger partial charge in [0, 0.05) is 25.8 Å². The molecule has 96 valence electrons. The standard InChI is InChI=1S/C13H24N4/c1-3-8-17(12-4-6-14-7-5-12)10-13-9-15-11-16(13)2/h9,11-12,14H,3-8,10H2,1-2H3. The van der Waals surface area contributed by atoms with Gasteiger partial charge in [-0.05, 0) is 38.9 Å². The molecular formula is C13H24N4. The van der Waals surface area contributed by atoms with Gasteiger partial charge < -0.3 is 9.88 Å². The second kappa shape index (κ2) is 6.17. The first-order valence-corrected chi connectivity index (χ1v) is 6.71. The minimum atomic E-state index is 0.742. The zero-order valence-electron chi connectivity index (χ0n) is 11.0. The second-order valence-corrected chi connectivity index (χ2v) is 4.95. The van der Waals surface area contributed by atoms with Crippen LogP contribution in [0.3, 0.4) is 0 Å². The van der Waals surface area contributed by atoms with Crippen LogP contribution in [0.1, 0.15) is 31.9 Å². The normalized spacial score (nSPS) is 17.8. The Bertz CT molecular complexity index is 328. The van der Waals surface area contributed by atoms with Gasteiger partial charge in [0.2, 0.25) is 0 Å². The summed E-state index contributed by atoms with van der Waals surface area (Å²) in [4.78, 5) is 6.83. The summed E-state index contributed by atoms with van der Waals surface area (Å²) in [5.41, 5.74) is 1.32. The minimum absolute atomic E-state index is 0.742. The van der Waals surface area contributed by atoms with Crippen LogP contribution in [0.5, 0.6) is 0 Å². The van der Waals surface area contributed by atoms with Crippen molar-refractivity contribution >= 4 is 0 Å². The topological polar surface area (TPSA) is 33.1 Å². The molecule has 17 heavy (non-hydrogen) atoms. The van der Waals surface area contributed by atoms with Crippen LogP contribution >= 0.6 is 0 Å². The summed E-state index contributed by atoms with van der Waals surface area (Å²) in [6.07, 6.45) is 7.66. The number of imidazole rings is 1. The molecule has 2 heterocycles. The maximum atomic E-state index is 4.20. The van der Waals surface area contributed by atoms with Crippen LogP contribution in [0.15, 0.2) is 12.5 Å². The van der Waals surface area contributed by atoms with E-state index in [2.05, 4.69) is 33.7 Å². The highest BCUT2D eigenvalue weighted by Crippen LogP contribution is 2.15. The number of rotatable bonds is 5. The first-order chi connectivity index (χ1) is 8.31. The average Bonchev–Trinajstić information content (AvgIpc) is 2.76. The number of hydrogen-bond acceptors (Lipinski definition) is 3. The number of hydrogen-bond donors (Lipinski definition) is 1. The molecule has 1 aromatic heterocycles. The Morgan fingerprint density at radius 3 is 2.82 bits per heavy atom. The summed E-state index contributed by atoms with van der Waals surface area (Å²) in [6.45, 7) is 6.81. The molecule has 0 aromatic carbocycles. The molecule has 0 aliphatic carbocycles. The predicted octanol–water partition coefficient (Wildman–Crippen LogP) is 1.38. The molecule has 0 spiro atoms. The number of aromatic nitrogens is 2. The predicted molar refractivity (Wildman–Crippen MR) is 69.8 cm³/mol. The van der Waals surface area contributed by atoms with Crippen molar-refractivity contribution in [2.24, 2.45) is 7.05 Å². The lowest BCUT2D eigenvalue weighted by molar-refractivity contribution is 0.151. The number of aryl methyl sites for hydroxylation is 1. The fraction of sp³-hybridized carbons (Fsp3) is 0.769. The molecule has 1 saturated heterocycles. The monoisotopic (exact) mass is 236 g/mol. The highest BCUT2D eigenvalue weighted by molar-refractivity contribution is 4.98. The summed E-state index contributed by atoms with van der Waals surface area (Å²) in [6, 6.07) is 0.742. The fourth-order valence-corrected chi connectivity index (χ4v) is 2.59. The van der Waals surface area contributed by atoms with E-state index in [0.717, 1.165) is 25.7 Å². The van der Waals surface area contributed by atoms with Gasteiger partial charge in [0.05, 0.1) is 12.0 Å². The van der Waals surface area contributed by atoms with Crippen LogP contribution in [0.25, 0.3) is 0 Å². The van der Waals surface area contributed by atoms with Crippen molar-refractivity contribution in [3.05, 3.63) is 18.2 Å². The van der Waals surface area contributed by atoms with Crippen LogP contribution in [0.2, 0.25) is 0 Å². The fourth-order valence-electron chi connectivity index (χ4n) is 2.59. The first-order valence-electron chi connectivity index (χ1n) is 6.71. The van der Waals surface area contributed by atoms with Gasteiger partial charge in [0.1, 0.15) is 0 Å². The quantitative estimate of drug-likeness (QED) is 0.838. The number of nitrogens with zero attached hydrogens (tertiary/aromatic N) is 3. The zero-order valence-corrected chi connectivity index (χ0v) is 11.0. The maximum Gasteiger partial charge on any atom is 0.0945 e. The van der Waals surface area contributed by atoms with E-state index in [0.29, 0.717) is 0 Å². The minimum Gasteiger partial charge on any atom is -0.337 e. The Morgan fingerprint density at radius 2 is 2.24 bits per heavy atom. The molecule has 4 heteroatoms. The molecule has 2 rings (SSSR count). The molecule has 0 amide bonds. The molecule has 1 fully saturated rings. The highest BCUT2D eigenvalue weighted by atomic mass is 15.2. The smallest absolute Gasteiger partial charge is 0.0945 e. The van der Waals surface area contributed by atoms with E-state index in [-0.39, 0.29) is 0 Å². The van der Waals surface area contributed by atoms with Gasteiger partial charge in [-0.1, -0.05) is 6.92 Å². The molecule has 0 unspecified atom stereocenters. The molecule has 0 saturated carbocycles. The van der Waals surface area contributed by atoms with E-state index in [4.69, 9.17) is 0 Å². The van der Waals surface area contributed by atoms with Crippen LogP contribution in [0.4, 0.5) is 0 Å². The summed E-state index contributed by atoms with van der Waals surface area (Å²) in [5.74, 6) is 0. The number of nitrogens with one attached hydrogen (secondary N) is 1. The Morgan fingerprint density at radius 1 is 1.47 bits per heavy atom. The Kier molecular flexibility index (Phi) is 4.57. The van der Waals surface area contributed by atoms with Crippen LogP contribution in [-0.2, 0) is 13.6 Å². The van der Waals surface area contributed by atoms with Gasteiger partial charge in [0.25, 0.3) is 0 Å². The lowest BCUT2D eigenvalue weighted by atomic mass is 10.0. The molecule has 1 N–H and O–H groups in total. The first kappa shape index (κ1) is 12.6. The Hall–Kier alpha value is -0.870. The third-order valence-corrected chi connectivity index (χ3v) is 3.62. The summed E-state index contributed by atoms with van der Waals surface area (Å²) >= 11 is 0. The van der Waals surface area contributed by atoms with E-state index < -0.39 is 0 Å². The second-order valence-electron chi connectivity index (χ2n) is 4.95. The van der Waals surface area contributed by atoms with Crippen molar-refractivity contribution in [1.82, 2.24) is 19.8 Å². The molecular weight excluding hydrogens is 212 g/mol. The van der Waals surface area contributed by atoms with E-state index in [1.165, 1.54) is 31.5 Å². The van der Waals surface area contributed by atoms with Crippen molar-refractivity contribution in [2.75, 3.05) is 19.6 Å². The van der Waals surface area contributed by atoms with Crippen LogP contribution < -0.4 is 5.32 Å². The lowest BCUT2D eigenvalue weighted by Crippen LogP contribution is -2.43. The Balaban J connectivity index is 1.98. The summed E-state index contributed by atoms with van der Waals surface area (Å²) in [7, 11) is 2.08. The van der Waals surface area contributed by atoms with Gasteiger partial charge in [-0.15, -0.1) is 0 Å². The lowest BCUT2D eigenvalue weighted by Gasteiger charge is -2.34.